The van der Waals surface area contributed by atoms with Crippen LogP contribution in [0.5, 0.6) is 5.75 Å². The highest BCUT2D eigenvalue weighted by Crippen LogP contribution is 2.37. The quantitative estimate of drug-likeness (QED) is 0.816. The van der Waals surface area contributed by atoms with E-state index in [9.17, 15) is 13.2 Å². The number of nitrogens with one attached hydrogen (secondary N) is 2. The number of anilines is 1. The first kappa shape index (κ1) is 18.8. The van der Waals surface area contributed by atoms with Gasteiger partial charge in [0.05, 0.1) is 17.7 Å². The molecule has 2 N–H and O–H groups in total. The maximum atomic E-state index is 12.9. The number of carbonyl (C=O) groups excluding carboxylic acids is 1. The minimum Gasteiger partial charge on any atom is -0.495 e. The highest BCUT2D eigenvalue weighted by atomic mass is 32.2. The second-order valence-electron chi connectivity index (χ2n) is 5.89. The van der Waals surface area contributed by atoms with E-state index in [-0.39, 0.29) is 16.8 Å². The molecule has 0 saturated heterocycles. The Hall–Kier alpha value is -2.03. The molecule has 0 saturated carbocycles. The van der Waals surface area contributed by atoms with E-state index in [1.54, 1.807) is 11.8 Å². The Morgan fingerprint density at radius 2 is 2.00 bits per heavy atom. The Bertz CT molecular complexity index is 929. The largest absolute Gasteiger partial charge is 0.495 e. The molecule has 0 radical (unpaired) electrons. The molecule has 0 aromatic heterocycles. The normalized spacial score (nSPS) is 16.6. The van der Waals surface area contributed by atoms with Gasteiger partial charge in [-0.25, -0.2) is 13.1 Å². The molecule has 8 heteroatoms. The van der Waals surface area contributed by atoms with Crippen LogP contribution in [0.4, 0.5) is 5.69 Å². The molecule has 3 rings (SSSR count). The van der Waals surface area contributed by atoms with Crippen LogP contribution in [0.3, 0.4) is 0 Å². The van der Waals surface area contributed by atoms with Crippen LogP contribution in [0.15, 0.2) is 52.3 Å². The number of amides is 1. The van der Waals surface area contributed by atoms with Crippen LogP contribution in [0.25, 0.3) is 0 Å². The molecule has 26 heavy (non-hydrogen) atoms. The van der Waals surface area contributed by atoms with E-state index in [1.165, 1.54) is 32.2 Å². The van der Waals surface area contributed by atoms with Crippen molar-refractivity contribution in [2.45, 2.75) is 29.2 Å². The second-order valence-corrected chi connectivity index (χ2v) is 8.74. The number of benzene rings is 2. The number of hydrogen-bond acceptors (Lipinski definition) is 5. The van der Waals surface area contributed by atoms with Crippen molar-refractivity contribution in [2.75, 3.05) is 18.2 Å². The molecular weight excluding hydrogens is 372 g/mol. The zero-order valence-corrected chi connectivity index (χ0v) is 16.1. The Morgan fingerprint density at radius 3 is 2.73 bits per heavy atom. The maximum Gasteiger partial charge on any atom is 0.241 e. The lowest BCUT2D eigenvalue weighted by atomic mass is 10.1. The molecule has 2 aromatic carbocycles. The number of fused-ring (bicyclic) bond motifs is 1. The van der Waals surface area contributed by atoms with Gasteiger partial charge in [-0.1, -0.05) is 18.2 Å². The monoisotopic (exact) mass is 392 g/mol. The van der Waals surface area contributed by atoms with Crippen LogP contribution in [0.2, 0.25) is 0 Å². The van der Waals surface area contributed by atoms with Gasteiger partial charge in [-0.15, -0.1) is 11.8 Å². The fourth-order valence-corrected chi connectivity index (χ4v) is 5.26. The zero-order valence-electron chi connectivity index (χ0n) is 14.5. The van der Waals surface area contributed by atoms with Crippen LogP contribution in [-0.2, 0) is 14.8 Å². The number of methoxy groups -OCH3 is 1. The molecule has 0 aliphatic carbocycles. The van der Waals surface area contributed by atoms with E-state index in [0.29, 0.717) is 11.4 Å². The molecule has 0 bridgehead atoms. The van der Waals surface area contributed by atoms with Gasteiger partial charge < -0.3 is 10.1 Å². The van der Waals surface area contributed by atoms with Crippen molar-refractivity contribution in [1.29, 1.82) is 0 Å². The molecule has 0 spiro atoms. The number of thioether (sulfide) groups is 1. The number of sulfonamides is 1. The van der Waals surface area contributed by atoms with E-state index < -0.39 is 10.0 Å². The molecule has 2 aromatic rings. The lowest BCUT2D eigenvalue weighted by Crippen LogP contribution is -2.30. The summed E-state index contributed by atoms with van der Waals surface area (Å²) in [6, 6.07) is 11.9. The van der Waals surface area contributed by atoms with Crippen molar-refractivity contribution in [3.63, 3.8) is 0 Å². The van der Waals surface area contributed by atoms with Crippen molar-refractivity contribution in [3.05, 3.63) is 48.0 Å². The first-order valence-corrected chi connectivity index (χ1v) is 10.6. The lowest BCUT2D eigenvalue weighted by molar-refractivity contribution is -0.114. The Morgan fingerprint density at radius 1 is 1.23 bits per heavy atom. The summed E-state index contributed by atoms with van der Waals surface area (Å²) >= 11 is 1.73. The molecule has 138 valence electrons. The van der Waals surface area contributed by atoms with Crippen LogP contribution < -0.4 is 14.8 Å². The third kappa shape index (κ3) is 4.03. The van der Waals surface area contributed by atoms with E-state index in [2.05, 4.69) is 10.0 Å². The van der Waals surface area contributed by atoms with Crippen molar-refractivity contribution in [2.24, 2.45) is 0 Å². The molecule has 0 unspecified atom stereocenters. The molecule has 0 fully saturated rings. The van der Waals surface area contributed by atoms with Gasteiger partial charge in [0.2, 0.25) is 15.9 Å². The van der Waals surface area contributed by atoms with E-state index in [1.807, 2.05) is 24.3 Å². The molecule has 1 atom stereocenters. The Labute approximate surface area is 157 Å². The van der Waals surface area contributed by atoms with E-state index in [4.69, 9.17) is 4.74 Å². The van der Waals surface area contributed by atoms with Crippen LogP contribution >= 0.6 is 11.8 Å². The van der Waals surface area contributed by atoms with Gasteiger partial charge in [0.15, 0.2) is 0 Å². The van der Waals surface area contributed by atoms with Crippen molar-refractivity contribution in [3.8, 4) is 5.75 Å². The van der Waals surface area contributed by atoms with Gasteiger partial charge in [-0.3, -0.25) is 4.79 Å². The van der Waals surface area contributed by atoms with E-state index >= 15 is 0 Å². The predicted molar refractivity (Wildman–Crippen MR) is 102 cm³/mol. The van der Waals surface area contributed by atoms with Gasteiger partial charge in [0.1, 0.15) is 5.75 Å². The smallest absolute Gasteiger partial charge is 0.241 e. The molecule has 1 amide bonds. The highest BCUT2D eigenvalue weighted by molar-refractivity contribution is 7.99. The number of rotatable bonds is 5. The first-order valence-electron chi connectivity index (χ1n) is 8.10. The van der Waals surface area contributed by atoms with Crippen LogP contribution in [0, 0.1) is 0 Å². The van der Waals surface area contributed by atoms with Gasteiger partial charge in [0, 0.05) is 17.9 Å². The van der Waals surface area contributed by atoms with Gasteiger partial charge in [0.25, 0.3) is 0 Å². The highest BCUT2D eigenvalue weighted by Gasteiger charge is 2.26. The summed E-state index contributed by atoms with van der Waals surface area (Å²) in [5, 5.41) is 2.60. The standard InChI is InChI=1S/C18H20N2O4S2/c1-12(21)19-16-11-13(7-8-17(16)24-2)26(22,23)20-15-9-10-25-18-6-4-3-5-14(15)18/h3-8,11,15,20H,9-10H2,1-2H3,(H,19,21)/t15-/m0/s1. The average molecular weight is 393 g/mol. The number of ether oxygens (including phenoxy) is 1. The molecule has 1 aliphatic heterocycles. The SMILES string of the molecule is COc1ccc(S(=O)(=O)N[C@H]2CCSc3ccccc32)cc1NC(C)=O. The van der Waals surface area contributed by atoms with Gasteiger partial charge in [-0.2, -0.15) is 0 Å². The maximum absolute atomic E-state index is 12.9. The summed E-state index contributed by atoms with van der Waals surface area (Å²) in [4.78, 5) is 12.5. The summed E-state index contributed by atoms with van der Waals surface area (Å²) < 4.78 is 33.7. The van der Waals surface area contributed by atoms with Crippen molar-refractivity contribution >= 4 is 33.4 Å². The van der Waals surface area contributed by atoms with Gasteiger partial charge >= 0.3 is 0 Å². The predicted octanol–water partition coefficient (Wildman–Crippen LogP) is 3.17. The second kappa shape index (κ2) is 7.69. The molecule has 1 heterocycles. The molecule has 6 nitrogen and oxygen atoms in total. The molecule has 1 aliphatic rings. The first-order chi connectivity index (χ1) is 12.4. The lowest BCUT2D eigenvalue weighted by Gasteiger charge is -2.25. The summed E-state index contributed by atoms with van der Waals surface area (Å²) in [7, 11) is -2.29. The Kier molecular flexibility index (Phi) is 5.55. The molecular formula is C18H20N2O4S2. The number of hydrogen-bond donors (Lipinski definition) is 2. The average Bonchev–Trinajstić information content (AvgIpc) is 2.61. The summed E-state index contributed by atoms with van der Waals surface area (Å²) in [5.74, 6) is 0.951. The topological polar surface area (TPSA) is 84.5 Å². The summed E-state index contributed by atoms with van der Waals surface area (Å²) in [6.45, 7) is 1.36. The van der Waals surface area contributed by atoms with Crippen LogP contribution in [-0.4, -0.2) is 27.2 Å². The summed E-state index contributed by atoms with van der Waals surface area (Å²) in [6.07, 6.45) is 0.718. The summed E-state index contributed by atoms with van der Waals surface area (Å²) in [5.41, 5.74) is 1.31. The fourth-order valence-electron chi connectivity index (χ4n) is 2.86. The van der Waals surface area contributed by atoms with Crippen molar-refractivity contribution in [1.82, 2.24) is 4.72 Å². The number of carbonyl (C=O) groups is 1. The fraction of sp³-hybridized carbons (Fsp3) is 0.278. The van der Waals surface area contributed by atoms with Gasteiger partial charge in [-0.05, 0) is 42.0 Å². The minimum absolute atomic E-state index is 0.0813. The minimum atomic E-state index is -3.75. The van der Waals surface area contributed by atoms with E-state index in [0.717, 1.165) is 22.6 Å². The third-order valence-corrected chi connectivity index (χ3v) is 6.64. The third-order valence-electron chi connectivity index (χ3n) is 4.05. The van der Waals surface area contributed by atoms with Crippen molar-refractivity contribution < 1.29 is 17.9 Å². The zero-order chi connectivity index (χ0) is 18.7. The van der Waals surface area contributed by atoms with Crippen LogP contribution in [0.1, 0.15) is 24.9 Å². The Balaban J connectivity index is 1.91.